The smallest absolute Gasteiger partial charge is 0.247 e. The molecule has 1 aliphatic rings. The lowest BCUT2D eigenvalue weighted by Crippen LogP contribution is -2.48. The standard InChI is InChI=1S/C22H34N2O4/c1-15(2)12-19(20(22(27)24-28)17-10-6-7-11-17)21(26)23-18(14-25)13-16-8-4-3-5-9-16/h3-5,8-9,15,17-20,25,28H,6-7,10-14H2,1-2H3,(H,23,26)(H,24,27)/t18-,19+,20-/m0/s1. The Morgan fingerprint density at radius 1 is 1.11 bits per heavy atom. The third-order valence-corrected chi connectivity index (χ3v) is 5.71. The topological polar surface area (TPSA) is 98.7 Å². The molecule has 6 heteroatoms. The Balaban J connectivity index is 2.16. The second-order valence-corrected chi connectivity index (χ2v) is 8.36. The summed E-state index contributed by atoms with van der Waals surface area (Å²) < 4.78 is 0. The zero-order valence-corrected chi connectivity index (χ0v) is 16.9. The minimum absolute atomic E-state index is 0.100. The van der Waals surface area contributed by atoms with Crippen LogP contribution in [0.15, 0.2) is 30.3 Å². The van der Waals surface area contributed by atoms with Crippen molar-refractivity contribution in [2.75, 3.05) is 6.61 Å². The highest BCUT2D eigenvalue weighted by Crippen LogP contribution is 2.38. The van der Waals surface area contributed by atoms with Crippen LogP contribution in [0.1, 0.15) is 51.5 Å². The van der Waals surface area contributed by atoms with Gasteiger partial charge >= 0.3 is 0 Å². The van der Waals surface area contributed by atoms with Gasteiger partial charge in [0.15, 0.2) is 0 Å². The molecule has 6 nitrogen and oxygen atoms in total. The average molecular weight is 391 g/mol. The molecule has 0 unspecified atom stereocenters. The van der Waals surface area contributed by atoms with Crippen LogP contribution < -0.4 is 10.8 Å². The molecule has 1 aromatic rings. The minimum Gasteiger partial charge on any atom is -0.394 e. The van der Waals surface area contributed by atoms with E-state index >= 15 is 0 Å². The van der Waals surface area contributed by atoms with Gasteiger partial charge in [-0.05, 0) is 43.1 Å². The zero-order chi connectivity index (χ0) is 20.5. The Morgan fingerprint density at radius 2 is 1.75 bits per heavy atom. The van der Waals surface area contributed by atoms with Gasteiger partial charge in [-0.25, -0.2) is 5.48 Å². The average Bonchev–Trinajstić information content (AvgIpc) is 3.21. The number of hydrogen-bond acceptors (Lipinski definition) is 4. The molecular weight excluding hydrogens is 356 g/mol. The number of rotatable bonds is 10. The Bertz CT molecular complexity index is 614. The molecule has 3 atom stereocenters. The number of amides is 2. The summed E-state index contributed by atoms with van der Waals surface area (Å²) in [7, 11) is 0. The van der Waals surface area contributed by atoms with Gasteiger partial charge in [-0.2, -0.15) is 0 Å². The predicted octanol–water partition coefficient (Wildman–Crippen LogP) is 2.68. The van der Waals surface area contributed by atoms with E-state index in [0.29, 0.717) is 12.8 Å². The van der Waals surface area contributed by atoms with E-state index in [1.54, 1.807) is 5.48 Å². The van der Waals surface area contributed by atoms with E-state index in [-0.39, 0.29) is 24.3 Å². The third kappa shape index (κ3) is 6.31. The van der Waals surface area contributed by atoms with Crippen LogP contribution >= 0.6 is 0 Å². The fourth-order valence-corrected chi connectivity index (χ4v) is 4.41. The largest absolute Gasteiger partial charge is 0.394 e. The molecule has 0 radical (unpaired) electrons. The second-order valence-electron chi connectivity index (χ2n) is 8.36. The summed E-state index contributed by atoms with van der Waals surface area (Å²) in [5.41, 5.74) is 2.82. The van der Waals surface area contributed by atoms with Gasteiger partial charge in [-0.1, -0.05) is 57.0 Å². The van der Waals surface area contributed by atoms with Crippen LogP contribution in [0.2, 0.25) is 0 Å². The van der Waals surface area contributed by atoms with E-state index in [9.17, 15) is 19.9 Å². The molecule has 0 aromatic heterocycles. The van der Waals surface area contributed by atoms with Crippen LogP contribution in [0.25, 0.3) is 0 Å². The molecule has 0 aliphatic heterocycles. The molecule has 1 saturated carbocycles. The zero-order valence-electron chi connectivity index (χ0n) is 16.9. The molecule has 1 aromatic carbocycles. The fraction of sp³-hybridized carbons (Fsp3) is 0.636. The Hall–Kier alpha value is -1.92. The minimum atomic E-state index is -0.550. The van der Waals surface area contributed by atoms with Crippen LogP contribution in [0, 0.1) is 23.7 Å². The van der Waals surface area contributed by atoms with Crippen LogP contribution in [-0.2, 0) is 16.0 Å². The summed E-state index contributed by atoms with van der Waals surface area (Å²) in [4.78, 5) is 25.7. The van der Waals surface area contributed by atoms with Crippen molar-refractivity contribution in [3.05, 3.63) is 35.9 Å². The van der Waals surface area contributed by atoms with Gasteiger partial charge in [0.25, 0.3) is 0 Å². The van der Waals surface area contributed by atoms with Crippen molar-refractivity contribution < 1.29 is 19.9 Å². The van der Waals surface area contributed by atoms with Gasteiger partial charge in [-0.15, -0.1) is 0 Å². The fourth-order valence-electron chi connectivity index (χ4n) is 4.41. The number of aliphatic hydroxyl groups excluding tert-OH is 1. The first-order chi connectivity index (χ1) is 13.5. The first-order valence-corrected chi connectivity index (χ1v) is 10.3. The number of carbonyl (C=O) groups is 2. The van der Waals surface area contributed by atoms with Gasteiger partial charge in [0.05, 0.1) is 24.5 Å². The lowest BCUT2D eigenvalue weighted by Gasteiger charge is -2.31. The van der Waals surface area contributed by atoms with Gasteiger partial charge in [-0.3, -0.25) is 14.8 Å². The van der Waals surface area contributed by atoms with Gasteiger partial charge in [0.1, 0.15) is 0 Å². The molecule has 4 N–H and O–H groups in total. The van der Waals surface area contributed by atoms with Crippen molar-refractivity contribution in [3.8, 4) is 0 Å². The second kappa shape index (κ2) is 11.2. The number of hydrogen-bond donors (Lipinski definition) is 4. The molecule has 2 amide bonds. The van der Waals surface area contributed by atoms with Crippen molar-refractivity contribution in [3.63, 3.8) is 0 Å². The van der Waals surface area contributed by atoms with Crippen molar-refractivity contribution in [2.24, 2.45) is 23.7 Å². The molecule has 28 heavy (non-hydrogen) atoms. The number of hydroxylamine groups is 1. The maximum Gasteiger partial charge on any atom is 0.247 e. The SMILES string of the molecule is CC(C)C[C@@H](C(=O)N[C@H](CO)Cc1ccccc1)[C@@H](C(=O)NO)C1CCCC1. The monoisotopic (exact) mass is 390 g/mol. The summed E-state index contributed by atoms with van der Waals surface area (Å²) >= 11 is 0. The predicted molar refractivity (Wildman–Crippen MR) is 107 cm³/mol. The van der Waals surface area contributed by atoms with E-state index in [1.165, 1.54) is 0 Å². The van der Waals surface area contributed by atoms with Gasteiger partial charge in [0, 0.05) is 0 Å². The van der Waals surface area contributed by atoms with Crippen LogP contribution in [0.3, 0.4) is 0 Å². The van der Waals surface area contributed by atoms with Crippen molar-refractivity contribution in [1.82, 2.24) is 10.8 Å². The normalized spacial score (nSPS) is 17.9. The van der Waals surface area contributed by atoms with E-state index in [0.717, 1.165) is 31.2 Å². The number of benzene rings is 1. The first-order valence-electron chi connectivity index (χ1n) is 10.3. The number of nitrogens with one attached hydrogen (secondary N) is 2. The maximum atomic E-state index is 13.2. The lowest BCUT2D eigenvalue weighted by atomic mass is 9.75. The summed E-state index contributed by atoms with van der Waals surface area (Å²) in [5, 5.41) is 22.0. The number of aliphatic hydroxyl groups is 1. The van der Waals surface area contributed by atoms with E-state index in [2.05, 4.69) is 5.32 Å². The summed E-state index contributed by atoms with van der Waals surface area (Å²) in [5.74, 6) is -1.44. The highest BCUT2D eigenvalue weighted by molar-refractivity contribution is 5.87. The van der Waals surface area contributed by atoms with Crippen LogP contribution in [0.5, 0.6) is 0 Å². The molecule has 1 aliphatic carbocycles. The van der Waals surface area contributed by atoms with E-state index in [1.807, 2.05) is 44.2 Å². The lowest BCUT2D eigenvalue weighted by molar-refractivity contribution is -0.143. The van der Waals surface area contributed by atoms with Crippen LogP contribution in [-0.4, -0.2) is 34.8 Å². The van der Waals surface area contributed by atoms with Gasteiger partial charge in [0.2, 0.25) is 11.8 Å². The Morgan fingerprint density at radius 3 is 2.29 bits per heavy atom. The number of carbonyl (C=O) groups excluding carboxylic acids is 2. The molecule has 0 spiro atoms. The summed E-state index contributed by atoms with van der Waals surface area (Å²) in [6.07, 6.45) is 4.97. The molecule has 1 fully saturated rings. The molecule has 0 bridgehead atoms. The first kappa shape index (κ1) is 22.4. The van der Waals surface area contributed by atoms with Gasteiger partial charge < -0.3 is 10.4 Å². The Labute approximate surface area is 167 Å². The molecule has 2 rings (SSSR count). The summed E-state index contributed by atoms with van der Waals surface area (Å²) in [6.45, 7) is 3.88. The summed E-state index contributed by atoms with van der Waals surface area (Å²) in [6, 6.07) is 9.28. The molecule has 0 heterocycles. The quantitative estimate of drug-likeness (QED) is 0.365. The maximum absolute atomic E-state index is 13.2. The van der Waals surface area contributed by atoms with Crippen molar-refractivity contribution in [1.29, 1.82) is 0 Å². The molecule has 0 saturated heterocycles. The third-order valence-electron chi connectivity index (χ3n) is 5.71. The van der Waals surface area contributed by atoms with E-state index < -0.39 is 23.8 Å². The highest BCUT2D eigenvalue weighted by Gasteiger charge is 2.41. The van der Waals surface area contributed by atoms with Crippen molar-refractivity contribution >= 4 is 11.8 Å². The van der Waals surface area contributed by atoms with Crippen LogP contribution in [0.4, 0.5) is 0 Å². The molecular formula is C22H34N2O4. The van der Waals surface area contributed by atoms with E-state index in [4.69, 9.17) is 0 Å². The molecule has 156 valence electrons. The Kier molecular flexibility index (Phi) is 8.93. The van der Waals surface area contributed by atoms with Crippen molar-refractivity contribution in [2.45, 2.75) is 58.4 Å². The highest BCUT2D eigenvalue weighted by atomic mass is 16.5.